The lowest BCUT2D eigenvalue weighted by Crippen LogP contribution is -2.41. The first-order valence-corrected chi connectivity index (χ1v) is 12.2. The van der Waals surface area contributed by atoms with E-state index in [-0.39, 0.29) is 5.91 Å². The summed E-state index contributed by atoms with van der Waals surface area (Å²) in [7, 11) is 0. The molecule has 1 aliphatic rings. The number of carbonyl (C=O) groups excluding carboxylic acids is 1. The van der Waals surface area contributed by atoms with Crippen molar-refractivity contribution in [2.45, 2.75) is 20.4 Å². The molecule has 2 aromatic carbocycles. The van der Waals surface area contributed by atoms with Gasteiger partial charge in [0.15, 0.2) is 0 Å². The minimum absolute atomic E-state index is 0.116. The molecular weight excluding hydrogens is 512 g/mol. The van der Waals surface area contributed by atoms with Gasteiger partial charge >= 0.3 is 0 Å². The van der Waals surface area contributed by atoms with Gasteiger partial charge in [0.2, 0.25) is 0 Å². The van der Waals surface area contributed by atoms with Crippen LogP contribution in [0.25, 0.3) is 15.9 Å². The first kappa shape index (κ1) is 21.5. The molecule has 0 spiro atoms. The maximum Gasteiger partial charge on any atom is 0.270 e. The van der Waals surface area contributed by atoms with Crippen LogP contribution in [0.5, 0.6) is 0 Å². The Morgan fingerprint density at radius 3 is 2.88 bits per heavy atom. The summed E-state index contributed by atoms with van der Waals surface area (Å²) >= 11 is 11.3. The summed E-state index contributed by atoms with van der Waals surface area (Å²) in [5, 5.41) is 14.0. The van der Waals surface area contributed by atoms with Crippen molar-refractivity contribution in [1.82, 2.24) is 30.0 Å². The predicted octanol–water partition coefficient (Wildman–Crippen LogP) is 5.11. The second-order valence-electron chi connectivity index (χ2n) is 7.99. The van der Waals surface area contributed by atoms with Crippen LogP contribution in [0.4, 0.5) is 0 Å². The highest BCUT2D eigenvalue weighted by Gasteiger charge is 2.33. The fourth-order valence-corrected chi connectivity index (χ4v) is 5.34. The van der Waals surface area contributed by atoms with Crippen molar-refractivity contribution >= 4 is 55.0 Å². The van der Waals surface area contributed by atoms with Gasteiger partial charge in [-0.1, -0.05) is 24.6 Å². The maximum absolute atomic E-state index is 13.7. The summed E-state index contributed by atoms with van der Waals surface area (Å²) in [5.74, 6) is 0.239. The number of aromatic nitrogens is 4. The second-order valence-corrected chi connectivity index (χ2v) is 10.5. The molecule has 0 aliphatic carbocycles. The Kier molecular flexibility index (Phi) is 5.75. The molecule has 1 atom stereocenters. The van der Waals surface area contributed by atoms with E-state index < -0.39 is 0 Å². The number of carbonyl (C=O) groups is 1. The van der Waals surface area contributed by atoms with E-state index in [0.29, 0.717) is 39.9 Å². The van der Waals surface area contributed by atoms with Crippen molar-refractivity contribution < 1.29 is 4.79 Å². The lowest BCUT2D eigenvalue weighted by atomic mass is 10.1. The molecule has 0 saturated carbocycles. The number of fused-ring (bicyclic) bond motifs is 1. The van der Waals surface area contributed by atoms with Crippen molar-refractivity contribution in [3.8, 4) is 5.69 Å². The van der Waals surface area contributed by atoms with E-state index in [1.165, 1.54) is 4.80 Å². The van der Waals surface area contributed by atoms with Crippen LogP contribution in [0.1, 0.15) is 27.9 Å². The molecule has 1 fully saturated rings. The molecule has 0 radical (unpaired) electrons. The summed E-state index contributed by atoms with van der Waals surface area (Å²) < 4.78 is 1.76. The van der Waals surface area contributed by atoms with Crippen LogP contribution < -0.4 is 0 Å². The smallest absolute Gasteiger partial charge is 0.270 e. The Morgan fingerprint density at radius 2 is 2.09 bits per heavy atom. The van der Waals surface area contributed by atoms with Crippen LogP contribution in [0, 0.1) is 12.8 Å². The van der Waals surface area contributed by atoms with Gasteiger partial charge in [0.1, 0.15) is 4.60 Å². The van der Waals surface area contributed by atoms with E-state index in [2.05, 4.69) is 61.2 Å². The van der Waals surface area contributed by atoms with Crippen molar-refractivity contribution in [1.29, 1.82) is 0 Å². The lowest BCUT2D eigenvalue weighted by molar-refractivity contribution is 0.0170. The van der Waals surface area contributed by atoms with E-state index >= 15 is 0 Å². The zero-order chi connectivity index (χ0) is 22.4. The summed E-state index contributed by atoms with van der Waals surface area (Å²) in [6.45, 7) is 6.25. The molecule has 1 amide bonds. The van der Waals surface area contributed by atoms with E-state index in [1.54, 1.807) is 35.7 Å². The summed E-state index contributed by atoms with van der Waals surface area (Å²) in [5.41, 5.74) is 3.22. The number of aryl methyl sites for hydroxylation is 1. The number of nitrogens with zero attached hydrogens (tertiary/aromatic N) is 6. The number of benzene rings is 2. The fraction of sp³-hybridized carbons (Fsp3) is 0.273. The predicted molar refractivity (Wildman–Crippen MR) is 129 cm³/mol. The molecule has 0 unspecified atom stereocenters. The van der Waals surface area contributed by atoms with Gasteiger partial charge in [-0.15, -0.1) is 21.2 Å². The molecule has 1 saturated heterocycles. The molecule has 0 bridgehead atoms. The minimum atomic E-state index is -0.116. The zero-order valence-electron chi connectivity index (χ0n) is 17.5. The monoisotopic (exact) mass is 530 g/mol. The number of rotatable bonds is 4. The summed E-state index contributed by atoms with van der Waals surface area (Å²) in [6, 6.07) is 11.5. The Labute approximate surface area is 202 Å². The number of thiazole rings is 1. The molecule has 164 valence electrons. The van der Waals surface area contributed by atoms with Crippen LogP contribution in [0.15, 0.2) is 47.2 Å². The third kappa shape index (κ3) is 4.17. The Bertz CT molecular complexity index is 1320. The van der Waals surface area contributed by atoms with Crippen LogP contribution in [-0.4, -0.2) is 49.0 Å². The fourth-order valence-electron chi connectivity index (χ4n) is 4.03. The van der Waals surface area contributed by atoms with Crippen molar-refractivity contribution in [3.05, 3.63) is 68.4 Å². The highest BCUT2D eigenvalue weighted by Crippen LogP contribution is 2.28. The van der Waals surface area contributed by atoms with Crippen LogP contribution in [0.2, 0.25) is 5.02 Å². The molecule has 10 heteroatoms. The maximum atomic E-state index is 13.7. The number of hydrogen-bond donors (Lipinski definition) is 0. The first-order chi connectivity index (χ1) is 15.4. The normalized spacial score (nSPS) is 16.9. The molecule has 2 aromatic heterocycles. The van der Waals surface area contributed by atoms with Gasteiger partial charge in [0.25, 0.3) is 5.91 Å². The van der Waals surface area contributed by atoms with Gasteiger partial charge in [-0.3, -0.25) is 9.80 Å². The van der Waals surface area contributed by atoms with E-state index in [9.17, 15) is 4.79 Å². The van der Waals surface area contributed by atoms with Gasteiger partial charge in [-0.2, -0.15) is 5.10 Å². The summed E-state index contributed by atoms with van der Waals surface area (Å²) in [4.78, 5) is 19.7. The zero-order valence-corrected chi connectivity index (χ0v) is 20.7. The van der Waals surface area contributed by atoms with Gasteiger partial charge < -0.3 is 0 Å². The molecular formula is C22H20BrClN6OS. The number of hydrogen-bond acceptors (Lipinski definition) is 6. The Balaban J connectivity index is 1.46. The average molecular weight is 532 g/mol. The topological polar surface area (TPSA) is 67.2 Å². The third-order valence-corrected chi connectivity index (χ3v) is 6.91. The third-order valence-electron chi connectivity index (χ3n) is 5.38. The van der Waals surface area contributed by atoms with Gasteiger partial charge in [0.05, 0.1) is 32.7 Å². The molecule has 32 heavy (non-hydrogen) atoms. The van der Waals surface area contributed by atoms with Crippen molar-refractivity contribution in [3.63, 3.8) is 0 Å². The van der Waals surface area contributed by atoms with E-state index in [4.69, 9.17) is 11.6 Å². The molecule has 0 N–H and O–H groups in total. The Hall–Kier alpha value is -2.33. The Morgan fingerprint density at radius 1 is 1.25 bits per heavy atom. The first-order valence-electron chi connectivity index (χ1n) is 10.2. The van der Waals surface area contributed by atoms with Crippen molar-refractivity contribution in [2.24, 2.45) is 5.92 Å². The number of halogens is 2. The highest BCUT2D eigenvalue weighted by molar-refractivity contribution is 9.10. The van der Waals surface area contributed by atoms with Crippen LogP contribution >= 0.6 is 38.9 Å². The molecule has 4 aromatic rings. The molecule has 3 heterocycles. The molecule has 5 rings (SSSR count). The quantitative estimate of drug-likeness (QED) is 0.366. The SMILES string of the molecule is Cc1nc2ccc(CN3C[C@H](C)CN3C(=O)c3cc(Cl)ccc3-n3ncc(Br)n3)cc2s1. The standard InChI is InChI=1S/C22H20BrClN6OS/c1-13-10-28(12-15-3-5-18-20(7-15)32-14(2)26-18)29(11-13)22(31)17-8-16(24)4-6-19(17)30-25-9-21(23)27-30/h3-9,13H,10-12H2,1-2H3/t13-/m0/s1. The van der Waals surface area contributed by atoms with Crippen molar-refractivity contribution in [2.75, 3.05) is 13.1 Å². The number of hydrazine groups is 1. The van der Waals surface area contributed by atoms with E-state index in [0.717, 1.165) is 27.3 Å². The largest absolute Gasteiger partial charge is 0.271 e. The average Bonchev–Trinajstić information content (AvgIpc) is 3.44. The molecule has 1 aliphatic heterocycles. The minimum Gasteiger partial charge on any atom is -0.271 e. The summed E-state index contributed by atoms with van der Waals surface area (Å²) in [6.07, 6.45) is 1.59. The highest BCUT2D eigenvalue weighted by atomic mass is 79.9. The van der Waals surface area contributed by atoms with E-state index in [1.807, 2.05) is 11.9 Å². The number of amides is 1. The van der Waals surface area contributed by atoms with Gasteiger partial charge in [0, 0.05) is 24.7 Å². The lowest BCUT2D eigenvalue weighted by Gasteiger charge is -2.28. The second kappa shape index (κ2) is 8.55. The van der Waals surface area contributed by atoms with Crippen LogP contribution in [-0.2, 0) is 6.54 Å². The van der Waals surface area contributed by atoms with Gasteiger partial charge in [-0.25, -0.2) is 9.99 Å². The molecule has 7 nitrogen and oxygen atoms in total. The van der Waals surface area contributed by atoms with Gasteiger partial charge in [-0.05, 0) is 64.7 Å². The van der Waals surface area contributed by atoms with Crippen LogP contribution in [0.3, 0.4) is 0 Å².